The van der Waals surface area contributed by atoms with Crippen LogP contribution in [0.1, 0.15) is 45.4 Å². The van der Waals surface area contributed by atoms with Crippen LogP contribution in [0.2, 0.25) is 0 Å². The van der Waals surface area contributed by atoms with Crippen LogP contribution in [0.25, 0.3) is 11.3 Å². The van der Waals surface area contributed by atoms with E-state index in [1.165, 1.54) is 0 Å². The summed E-state index contributed by atoms with van der Waals surface area (Å²) in [4.78, 5) is 23.5. The minimum Gasteiger partial charge on any atom is -0.393 e. The molecule has 0 aromatic carbocycles. The summed E-state index contributed by atoms with van der Waals surface area (Å²) in [5.41, 5.74) is 2.82. The molecule has 3 heterocycles. The summed E-state index contributed by atoms with van der Waals surface area (Å²) in [7, 11) is 2.16. The number of anilines is 2. The number of hydrogen-bond donors (Lipinski definition) is 2. The number of piperazine rings is 1. The minimum absolute atomic E-state index is 0.165. The first-order valence-corrected chi connectivity index (χ1v) is 12.4. The summed E-state index contributed by atoms with van der Waals surface area (Å²) in [6.45, 7) is 7.19. The third kappa shape index (κ3) is 6.48. The van der Waals surface area contributed by atoms with E-state index in [1.54, 1.807) is 0 Å². The normalized spacial score (nSPS) is 22.1. The van der Waals surface area contributed by atoms with Gasteiger partial charge in [-0.15, -0.1) is 0 Å². The maximum absolute atomic E-state index is 9.79. The zero-order valence-corrected chi connectivity index (χ0v) is 20.0. The van der Waals surface area contributed by atoms with E-state index in [1.807, 2.05) is 24.7 Å². The fourth-order valence-electron chi connectivity index (χ4n) is 4.34. The highest BCUT2D eigenvalue weighted by molar-refractivity contribution is 5.76. The molecule has 8 heteroatoms. The largest absolute Gasteiger partial charge is 0.393 e. The van der Waals surface area contributed by atoms with Gasteiger partial charge < -0.3 is 20.2 Å². The lowest BCUT2D eigenvalue weighted by molar-refractivity contribution is 0.121. The lowest BCUT2D eigenvalue weighted by Crippen LogP contribution is -2.44. The van der Waals surface area contributed by atoms with Crippen LogP contribution in [0.3, 0.4) is 0 Å². The van der Waals surface area contributed by atoms with Gasteiger partial charge in [0.25, 0.3) is 0 Å². The van der Waals surface area contributed by atoms with E-state index in [4.69, 9.17) is 15.0 Å². The summed E-state index contributed by atoms with van der Waals surface area (Å²) >= 11 is 0. The van der Waals surface area contributed by atoms with Crippen LogP contribution in [0.5, 0.6) is 0 Å². The average Bonchev–Trinajstić information content (AvgIpc) is 2.85. The summed E-state index contributed by atoms with van der Waals surface area (Å²) in [6, 6.07) is 4.18. The molecule has 0 spiro atoms. The van der Waals surface area contributed by atoms with Gasteiger partial charge in [0, 0.05) is 45.1 Å². The van der Waals surface area contributed by atoms with Gasteiger partial charge in [0.05, 0.1) is 29.2 Å². The highest BCUT2D eigenvalue weighted by Gasteiger charge is 2.19. The standard InChI is InChI=1S/C25H37N7O/c1-3-4-11-26-25-29-18-22(24(30-25)28-16-19-5-8-21(33)9-6-19)23-10-7-20(17-27-23)32-14-12-31(2)13-15-32/h7,10,16-19,21,33H,3-6,8-9,11-15H2,1-2H3,(H,26,29,30). The average molecular weight is 452 g/mol. The van der Waals surface area contributed by atoms with Gasteiger partial charge in [-0.25, -0.2) is 9.98 Å². The van der Waals surface area contributed by atoms with E-state index < -0.39 is 0 Å². The monoisotopic (exact) mass is 451 g/mol. The van der Waals surface area contributed by atoms with Crippen molar-refractivity contribution < 1.29 is 5.11 Å². The van der Waals surface area contributed by atoms with Gasteiger partial charge in [0.15, 0.2) is 5.82 Å². The van der Waals surface area contributed by atoms with Crippen LogP contribution < -0.4 is 10.2 Å². The third-order valence-electron chi connectivity index (χ3n) is 6.62. The van der Waals surface area contributed by atoms with Gasteiger partial charge in [0.2, 0.25) is 5.95 Å². The number of aliphatic imine (C=N–C) groups is 1. The molecule has 1 saturated heterocycles. The molecular formula is C25H37N7O. The van der Waals surface area contributed by atoms with Crippen LogP contribution in [0.15, 0.2) is 29.5 Å². The summed E-state index contributed by atoms with van der Waals surface area (Å²) in [5.74, 6) is 1.63. The van der Waals surface area contributed by atoms with Crippen LogP contribution in [0.4, 0.5) is 17.5 Å². The quantitative estimate of drug-likeness (QED) is 0.467. The van der Waals surface area contributed by atoms with Crippen LogP contribution in [-0.2, 0) is 0 Å². The number of aliphatic hydroxyl groups excluding tert-OH is 1. The van der Waals surface area contributed by atoms with Gasteiger partial charge in [-0.05, 0) is 57.2 Å². The topological polar surface area (TPSA) is 89.8 Å². The molecule has 2 N–H and O–H groups in total. The molecule has 0 amide bonds. The molecule has 4 rings (SSSR count). The molecule has 0 bridgehead atoms. The second-order valence-electron chi connectivity index (χ2n) is 9.25. The molecule has 1 aliphatic heterocycles. The van der Waals surface area contributed by atoms with Gasteiger partial charge >= 0.3 is 0 Å². The summed E-state index contributed by atoms with van der Waals surface area (Å²) < 4.78 is 0. The molecule has 0 radical (unpaired) electrons. The van der Waals surface area contributed by atoms with Crippen LogP contribution in [0, 0.1) is 5.92 Å². The van der Waals surface area contributed by atoms with E-state index in [0.29, 0.717) is 17.7 Å². The summed E-state index contributed by atoms with van der Waals surface area (Å²) in [6.07, 6.45) is 11.4. The van der Waals surface area contributed by atoms with Gasteiger partial charge in [-0.1, -0.05) is 13.3 Å². The minimum atomic E-state index is -0.165. The molecule has 8 nitrogen and oxygen atoms in total. The van der Waals surface area contributed by atoms with Gasteiger partial charge in [-0.2, -0.15) is 4.98 Å². The molecular weight excluding hydrogens is 414 g/mol. The zero-order chi connectivity index (χ0) is 23.0. The Morgan fingerprint density at radius 2 is 1.88 bits per heavy atom. The lowest BCUT2D eigenvalue weighted by atomic mass is 9.88. The molecule has 1 aliphatic carbocycles. The number of hydrogen-bond acceptors (Lipinski definition) is 8. The molecule has 33 heavy (non-hydrogen) atoms. The van der Waals surface area contributed by atoms with Crippen molar-refractivity contribution in [1.29, 1.82) is 0 Å². The molecule has 2 aromatic heterocycles. The molecule has 2 aliphatic rings. The second-order valence-corrected chi connectivity index (χ2v) is 9.25. The Hall–Kier alpha value is -2.58. The Kier molecular flexibility index (Phi) is 8.23. The number of nitrogens with one attached hydrogen (secondary N) is 1. The summed E-state index contributed by atoms with van der Waals surface area (Å²) in [5, 5.41) is 13.1. The van der Waals surface area contributed by atoms with E-state index in [0.717, 1.165) is 88.2 Å². The van der Waals surface area contributed by atoms with E-state index in [-0.39, 0.29) is 6.10 Å². The maximum atomic E-state index is 9.79. The van der Waals surface area contributed by atoms with Crippen molar-refractivity contribution >= 4 is 23.7 Å². The SMILES string of the molecule is CCCCNc1ncc(-c2ccc(N3CCN(C)CC3)cn2)c(N=CC2CCC(O)CC2)n1. The van der Waals surface area contributed by atoms with Crippen molar-refractivity contribution in [3.05, 3.63) is 24.5 Å². The van der Waals surface area contributed by atoms with E-state index in [9.17, 15) is 5.11 Å². The van der Waals surface area contributed by atoms with Crippen molar-refractivity contribution in [2.45, 2.75) is 51.6 Å². The number of aromatic nitrogens is 3. The molecule has 1 saturated carbocycles. The molecule has 0 unspecified atom stereocenters. The first-order valence-electron chi connectivity index (χ1n) is 12.4. The number of likely N-dealkylation sites (N-methyl/N-ethyl adjacent to an activating group) is 1. The highest BCUT2D eigenvalue weighted by Crippen LogP contribution is 2.30. The number of aliphatic hydroxyl groups is 1. The Bertz CT molecular complexity index is 901. The predicted molar refractivity (Wildman–Crippen MR) is 134 cm³/mol. The van der Waals surface area contributed by atoms with Crippen LogP contribution >= 0.6 is 0 Å². The third-order valence-corrected chi connectivity index (χ3v) is 6.62. The van der Waals surface area contributed by atoms with Gasteiger partial charge in [0.1, 0.15) is 0 Å². The highest BCUT2D eigenvalue weighted by atomic mass is 16.3. The van der Waals surface area contributed by atoms with Crippen molar-refractivity contribution in [2.24, 2.45) is 10.9 Å². The Morgan fingerprint density at radius 3 is 2.58 bits per heavy atom. The number of nitrogens with zero attached hydrogens (tertiary/aromatic N) is 6. The lowest BCUT2D eigenvalue weighted by Gasteiger charge is -2.33. The van der Waals surface area contributed by atoms with Crippen LogP contribution in [-0.4, -0.2) is 77.0 Å². The smallest absolute Gasteiger partial charge is 0.224 e. The number of rotatable bonds is 8. The predicted octanol–water partition coefficient (Wildman–Crippen LogP) is 3.76. The zero-order valence-electron chi connectivity index (χ0n) is 20.0. The molecule has 2 fully saturated rings. The van der Waals surface area contributed by atoms with Crippen molar-refractivity contribution in [3.8, 4) is 11.3 Å². The van der Waals surface area contributed by atoms with Crippen molar-refractivity contribution in [1.82, 2.24) is 19.9 Å². The number of pyridine rings is 1. The Labute approximate surface area is 197 Å². The van der Waals surface area contributed by atoms with Crippen molar-refractivity contribution in [3.63, 3.8) is 0 Å². The first kappa shape index (κ1) is 23.6. The Morgan fingerprint density at radius 1 is 1.09 bits per heavy atom. The van der Waals surface area contributed by atoms with E-state index >= 15 is 0 Å². The van der Waals surface area contributed by atoms with Crippen molar-refractivity contribution in [2.75, 3.05) is 50.0 Å². The maximum Gasteiger partial charge on any atom is 0.224 e. The first-order chi connectivity index (χ1) is 16.1. The second kappa shape index (κ2) is 11.5. The fourth-order valence-corrected chi connectivity index (χ4v) is 4.34. The number of unbranched alkanes of at least 4 members (excludes halogenated alkanes) is 1. The fraction of sp³-hybridized carbons (Fsp3) is 0.600. The van der Waals surface area contributed by atoms with E-state index in [2.05, 4.69) is 40.1 Å². The Balaban J connectivity index is 1.54. The molecule has 2 aromatic rings. The molecule has 0 atom stereocenters. The molecule has 178 valence electrons. The van der Waals surface area contributed by atoms with Gasteiger partial charge in [-0.3, -0.25) is 4.98 Å².